The standard InChI is InChI=1S/C12H13Br2N/c1-3-4-7-15-9(2)11-6-5-10(13)8-12(11)14/h1,5-6,8-9,15H,4,7H2,2H3. The highest BCUT2D eigenvalue weighted by molar-refractivity contribution is 9.11. The summed E-state index contributed by atoms with van der Waals surface area (Å²) in [5, 5.41) is 3.37. The first-order valence-corrected chi connectivity index (χ1v) is 6.35. The van der Waals surface area contributed by atoms with Crippen molar-refractivity contribution in [3.05, 3.63) is 32.7 Å². The van der Waals surface area contributed by atoms with Crippen molar-refractivity contribution in [1.82, 2.24) is 5.32 Å². The summed E-state index contributed by atoms with van der Waals surface area (Å²) in [6.45, 7) is 2.98. The molecule has 1 nitrogen and oxygen atoms in total. The molecule has 1 unspecified atom stereocenters. The van der Waals surface area contributed by atoms with Gasteiger partial charge in [0.25, 0.3) is 0 Å². The number of nitrogens with one attached hydrogen (secondary N) is 1. The second-order valence-corrected chi connectivity index (χ2v) is 5.07. The molecule has 0 aliphatic heterocycles. The SMILES string of the molecule is C#CCCNC(C)c1ccc(Br)cc1Br. The van der Waals surface area contributed by atoms with Crippen LogP contribution in [-0.2, 0) is 0 Å². The smallest absolute Gasteiger partial charge is 0.0303 e. The van der Waals surface area contributed by atoms with E-state index in [1.807, 2.05) is 6.07 Å². The predicted molar refractivity (Wildman–Crippen MR) is 71.7 cm³/mol. The number of benzene rings is 1. The molecule has 0 aliphatic carbocycles. The molecule has 0 saturated heterocycles. The Bertz CT molecular complexity index is 368. The van der Waals surface area contributed by atoms with Gasteiger partial charge in [-0.05, 0) is 24.6 Å². The first kappa shape index (κ1) is 12.8. The molecule has 0 bridgehead atoms. The third-order valence-electron chi connectivity index (χ3n) is 2.15. The predicted octanol–water partition coefficient (Wildman–Crippen LogP) is 3.89. The largest absolute Gasteiger partial charge is 0.309 e. The number of rotatable bonds is 4. The minimum absolute atomic E-state index is 0.306. The van der Waals surface area contributed by atoms with E-state index in [2.05, 4.69) is 62.2 Å². The Labute approximate surface area is 108 Å². The van der Waals surface area contributed by atoms with Crippen LogP contribution in [0.3, 0.4) is 0 Å². The lowest BCUT2D eigenvalue weighted by Gasteiger charge is -2.15. The molecule has 1 aromatic carbocycles. The number of halogens is 2. The maximum atomic E-state index is 5.20. The van der Waals surface area contributed by atoms with Gasteiger partial charge in [0.2, 0.25) is 0 Å². The van der Waals surface area contributed by atoms with Gasteiger partial charge in [-0.2, -0.15) is 0 Å². The Morgan fingerprint density at radius 3 is 2.80 bits per heavy atom. The summed E-state index contributed by atoms with van der Waals surface area (Å²) in [7, 11) is 0. The minimum Gasteiger partial charge on any atom is -0.309 e. The quantitative estimate of drug-likeness (QED) is 0.652. The van der Waals surface area contributed by atoms with Gasteiger partial charge in [0.15, 0.2) is 0 Å². The van der Waals surface area contributed by atoms with Crippen molar-refractivity contribution < 1.29 is 0 Å². The monoisotopic (exact) mass is 329 g/mol. The summed E-state index contributed by atoms with van der Waals surface area (Å²) in [5.41, 5.74) is 1.25. The van der Waals surface area contributed by atoms with Gasteiger partial charge in [-0.3, -0.25) is 0 Å². The molecule has 0 spiro atoms. The zero-order valence-corrected chi connectivity index (χ0v) is 11.7. The molecule has 0 amide bonds. The van der Waals surface area contributed by atoms with Crippen LogP contribution in [0.1, 0.15) is 24.9 Å². The number of hydrogen-bond donors (Lipinski definition) is 1. The maximum absolute atomic E-state index is 5.20. The van der Waals surface area contributed by atoms with Gasteiger partial charge in [0, 0.05) is 28.0 Å². The zero-order chi connectivity index (χ0) is 11.3. The first-order valence-electron chi connectivity index (χ1n) is 4.77. The second-order valence-electron chi connectivity index (χ2n) is 3.30. The molecular formula is C12H13Br2N. The van der Waals surface area contributed by atoms with Crippen LogP contribution in [0.25, 0.3) is 0 Å². The van der Waals surface area contributed by atoms with Crippen LogP contribution in [0.4, 0.5) is 0 Å². The summed E-state index contributed by atoms with van der Waals surface area (Å²) in [5.74, 6) is 2.62. The molecule has 0 heterocycles. The molecule has 3 heteroatoms. The third kappa shape index (κ3) is 3.98. The highest BCUT2D eigenvalue weighted by Gasteiger charge is 2.08. The topological polar surface area (TPSA) is 12.0 Å². The van der Waals surface area contributed by atoms with Crippen molar-refractivity contribution in [1.29, 1.82) is 0 Å². The Morgan fingerprint density at radius 1 is 1.47 bits per heavy atom. The Morgan fingerprint density at radius 2 is 2.20 bits per heavy atom. The van der Waals surface area contributed by atoms with Crippen molar-refractivity contribution in [2.24, 2.45) is 0 Å². The van der Waals surface area contributed by atoms with Crippen LogP contribution >= 0.6 is 31.9 Å². The molecule has 15 heavy (non-hydrogen) atoms. The molecule has 0 fully saturated rings. The highest BCUT2D eigenvalue weighted by atomic mass is 79.9. The molecule has 1 N–H and O–H groups in total. The maximum Gasteiger partial charge on any atom is 0.0303 e. The van der Waals surface area contributed by atoms with Crippen LogP contribution in [-0.4, -0.2) is 6.54 Å². The molecular weight excluding hydrogens is 318 g/mol. The van der Waals surface area contributed by atoms with Crippen molar-refractivity contribution in [3.63, 3.8) is 0 Å². The van der Waals surface area contributed by atoms with Crippen molar-refractivity contribution in [2.75, 3.05) is 6.54 Å². The minimum atomic E-state index is 0.306. The number of hydrogen-bond acceptors (Lipinski definition) is 1. The normalized spacial score (nSPS) is 12.1. The summed E-state index contributed by atoms with van der Waals surface area (Å²) >= 11 is 6.98. The fourth-order valence-corrected chi connectivity index (χ4v) is 2.71. The third-order valence-corrected chi connectivity index (χ3v) is 3.33. The van der Waals surface area contributed by atoms with E-state index in [9.17, 15) is 0 Å². The molecule has 1 atom stereocenters. The lowest BCUT2D eigenvalue weighted by Crippen LogP contribution is -2.19. The zero-order valence-electron chi connectivity index (χ0n) is 8.56. The number of terminal acetylenes is 1. The molecule has 0 saturated carbocycles. The van der Waals surface area contributed by atoms with Gasteiger partial charge in [-0.15, -0.1) is 12.3 Å². The van der Waals surface area contributed by atoms with Gasteiger partial charge in [0.1, 0.15) is 0 Å². The average Bonchev–Trinajstić information content (AvgIpc) is 2.17. The average molecular weight is 331 g/mol. The van der Waals surface area contributed by atoms with E-state index in [4.69, 9.17) is 6.42 Å². The molecule has 0 radical (unpaired) electrons. The summed E-state index contributed by atoms with van der Waals surface area (Å²) < 4.78 is 2.19. The van der Waals surface area contributed by atoms with E-state index in [0.29, 0.717) is 6.04 Å². The van der Waals surface area contributed by atoms with Gasteiger partial charge >= 0.3 is 0 Å². The van der Waals surface area contributed by atoms with Crippen LogP contribution in [0.5, 0.6) is 0 Å². The molecule has 80 valence electrons. The summed E-state index contributed by atoms with van der Waals surface area (Å²) in [6.07, 6.45) is 5.96. The van der Waals surface area contributed by atoms with E-state index >= 15 is 0 Å². The Hall–Kier alpha value is -0.300. The van der Waals surface area contributed by atoms with Gasteiger partial charge in [-0.25, -0.2) is 0 Å². The van der Waals surface area contributed by atoms with E-state index in [0.717, 1.165) is 21.9 Å². The van der Waals surface area contributed by atoms with Crippen molar-refractivity contribution in [2.45, 2.75) is 19.4 Å². The van der Waals surface area contributed by atoms with E-state index < -0.39 is 0 Å². The lowest BCUT2D eigenvalue weighted by molar-refractivity contribution is 0.582. The molecule has 1 aromatic rings. The fraction of sp³-hybridized carbons (Fsp3) is 0.333. The fourth-order valence-electron chi connectivity index (χ4n) is 1.32. The Balaban J connectivity index is 2.66. The molecule has 1 rings (SSSR count). The van der Waals surface area contributed by atoms with E-state index in [1.54, 1.807) is 0 Å². The van der Waals surface area contributed by atoms with E-state index in [1.165, 1.54) is 5.56 Å². The van der Waals surface area contributed by atoms with Gasteiger partial charge in [0.05, 0.1) is 0 Å². The molecule has 0 aromatic heterocycles. The summed E-state index contributed by atoms with van der Waals surface area (Å²) in [4.78, 5) is 0. The van der Waals surface area contributed by atoms with Gasteiger partial charge < -0.3 is 5.32 Å². The van der Waals surface area contributed by atoms with Crippen LogP contribution < -0.4 is 5.32 Å². The van der Waals surface area contributed by atoms with E-state index in [-0.39, 0.29) is 0 Å². The molecule has 0 aliphatic rings. The Kier molecular flexibility index (Phi) is 5.38. The van der Waals surface area contributed by atoms with Crippen molar-refractivity contribution >= 4 is 31.9 Å². The van der Waals surface area contributed by atoms with Crippen LogP contribution in [0.2, 0.25) is 0 Å². The summed E-state index contributed by atoms with van der Waals surface area (Å²) in [6, 6.07) is 6.50. The highest BCUT2D eigenvalue weighted by Crippen LogP contribution is 2.26. The second kappa shape index (κ2) is 6.32. The van der Waals surface area contributed by atoms with Crippen LogP contribution in [0, 0.1) is 12.3 Å². The van der Waals surface area contributed by atoms with Crippen molar-refractivity contribution in [3.8, 4) is 12.3 Å². The first-order chi connectivity index (χ1) is 7.15. The van der Waals surface area contributed by atoms with Gasteiger partial charge in [-0.1, -0.05) is 37.9 Å². The van der Waals surface area contributed by atoms with Crippen LogP contribution in [0.15, 0.2) is 27.1 Å². The lowest BCUT2D eigenvalue weighted by atomic mass is 10.1.